The minimum absolute atomic E-state index is 0.265. The number of ether oxygens (including phenoxy) is 1. The molecule has 4 aromatic carbocycles. The van der Waals surface area contributed by atoms with Crippen LogP contribution in [0.2, 0.25) is 0 Å². The van der Waals surface area contributed by atoms with Crippen LogP contribution in [0.5, 0.6) is 17.2 Å². The van der Waals surface area contributed by atoms with Crippen molar-refractivity contribution in [2.75, 3.05) is 0 Å². The van der Waals surface area contributed by atoms with Crippen LogP contribution in [0.3, 0.4) is 0 Å². The first kappa shape index (κ1) is 12.7. The summed E-state index contributed by atoms with van der Waals surface area (Å²) in [4.78, 5) is 0. The normalized spacial score (nSPS) is 10.9. The standard InChI is InChI=1S/C20H14O2/c21-18-12-13-20(17-10-4-3-9-16(17)18)22-19-11-5-7-14-6-1-2-8-15(14)19/h1-13,21H. The number of hydrogen-bond donors (Lipinski definition) is 1. The van der Waals surface area contributed by atoms with Crippen molar-refractivity contribution in [1.29, 1.82) is 0 Å². The highest BCUT2D eigenvalue weighted by molar-refractivity contribution is 5.94. The summed E-state index contributed by atoms with van der Waals surface area (Å²) in [6.07, 6.45) is 0. The number of benzene rings is 4. The van der Waals surface area contributed by atoms with Crippen molar-refractivity contribution in [3.05, 3.63) is 78.9 Å². The van der Waals surface area contributed by atoms with Crippen LogP contribution in [-0.2, 0) is 0 Å². The Morgan fingerprint density at radius 3 is 2.05 bits per heavy atom. The van der Waals surface area contributed by atoms with Gasteiger partial charge >= 0.3 is 0 Å². The molecule has 2 heteroatoms. The number of phenols is 1. The van der Waals surface area contributed by atoms with Gasteiger partial charge in [0.2, 0.25) is 0 Å². The Hall–Kier alpha value is -3.00. The van der Waals surface area contributed by atoms with E-state index in [4.69, 9.17) is 4.74 Å². The third-order valence-electron chi connectivity index (χ3n) is 3.83. The number of fused-ring (bicyclic) bond motifs is 2. The Kier molecular flexibility index (Phi) is 2.94. The van der Waals surface area contributed by atoms with E-state index in [1.807, 2.05) is 54.6 Å². The maximum absolute atomic E-state index is 9.98. The summed E-state index contributed by atoms with van der Waals surface area (Å²) in [5.41, 5.74) is 0. The molecule has 0 aliphatic heterocycles. The molecule has 0 unspecified atom stereocenters. The van der Waals surface area contributed by atoms with Gasteiger partial charge in [-0.15, -0.1) is 0 Å². The topological polar surface area (TPSA) is 29.5 Å². The maximum Gasteiger partial charge on any atom is 0.135 e. The summed E-state index contributed by atoms with van der Waals surface area (Å²) in [5, 5.41) is 13.9. The number of hydrogen-bond acceptors (Lipinski definition) is 2. The van der Waals surface area contributed by atoms with Gasteiger partial charge in [-0.05, 0) is 23.6 Å². The summed E-state index contributed by atoms with van der Waals surface area (Å²) in [5.74, 6) is 1.82. The third-order valence-corrected chi connectivity index (χ3v) is 3.83. The van der Waals surface area contributed by atoms with Gasteiger partial charge in [0.15, 0.2) is 0 Å². The lowest BCUT2D eigenvalue weighted by Crippen LogP contribution is -1.87. The molecule has 0 amide bonds. The Morgan fingerprint density at radius 1 is 0.545 bits per heavy atom. The highest BCUT2D eigenvalue weighted by atomic mass is 16.5. The van der Waals surface area contributed by atoms with Crippen LogP contribution in [0.15, 0.2) is 78.9 Å². The molecule has 0 fully saturated rings. The van der Waals surface area contributed by atoms with Crippen LogP contribution in [0.25, 0.3) is 21.5 Å². The van der Waals surface area contributed by atoms with Crippen molar-refractivity contribution in [1.82, 2.24) is 0 Å². The fraction of sp³-hybridized carbons (Fsp3) is 0. The van der Waals surface area contributed by atoms with Gasteiger partial charge in [0.05, 0.1) is 0 Å². The molecular formula is C20H14O2. The van der Waals surface area contributed by atoms with Crippen LogP contribution in [0.1, 0.15) is 0 Å². The molecule has 106 valence electrons. The molecule has 0 spiro atoms. The maximum atomic E-state index is 9.98. The second kappa shape index (κ2) is 5.08. The third kappa shape index (κ3) is 2.06. The number of rotatable bonds is 2. The van der Waals surface area contributed by atoms with Gasteiger partial charge in [0.25, 0.3) is 0 Å². The molecule has 0 aromatic heterocycles. The van der Waals surface area contributed by atoms with Crippen molar-refractivity contribution in [3.8, 4) is 17.2 Å². The zero-order chi connectivity index (χ0) is 14.9. The largest absolute Gasteiger partial charge is 0.507 e. The molecule has 0 heterocycles. The smallest absolute Gasteiger partial charge is 0.135 e. The zero-order valence-corrected chi connectivity index (χ0v) is 11.9. The Balaban J connectivity index is 1.88. The van der Waals surface area contributed by atoms with Crippen LogP contribution in [0.4, 0.5) is 0 Å². The molecule has 0 atom stereocenters. The predicted octanol–water partition coefficient (Wildman–Crippen LogP) is 5.49. The fourth-order valence-corrected chi connectivity index (χ4v) is 2.75. The van der Waals surface area contributed by atoms with E-state index in [1.165, 1.54) is 0 Å². The van der Waals surface area contributed by atoms with Crippen LogP contribution in [-0.4, -0.2) is 5.11 Å². The minimum atomic E-state index is 0.265. The van der Waals surface area contributed by atoms with E-state index < -0.39 is 0 Å². The molecule has 22 heavy (non-hydrogen) atoms. The van der Waals surface area contributed by atoms with Crippen LogP contribution in [0, 0.1) is 0 Å². The summed E-state index contributed by atoms with van der Waals surface area (Å²) in [6.45, 7) is 0. The molecule has 0 aliphatic rings. The van der Waals surface area contributed by atoms with Gasteiger partial charge in [0, 0.05) is 16.2 Å². The van der Waals surface area contributed by atoms with Crippen molar-refractivity contribution in [2.24, 2.45) is 0 Å². The monoisotopic (exact) mass is 286 g/mol. The van der Waals surface area contributed by atoms with Crippen molar-refractivity contribution < 1.29 is 9.84 Å². The predicted molar refractivity (Wildman–Crippen MR) is 89.6 cm³/mol. The number of aromatic hydroxyl groups is 1. The van der Waals surface area contributed by atoms with E-state index in [0.29, 0.717) is 0 Å². The Morgan fingerprint density at radius 2 is 1.18 bits per heavy atom. The lowest BCUT2D eigenvalue weighted by atomic mass is 10.1. The Bertz CT molecular complexity index is 968. The van der Waals surface area contributed by atoms with Crippen molar-refractivity contribution in [3.63, 3.8) is 0 Å². The first-order chi connectivity index (χ1) is 10.8. The Labute approximate surface area is 128 Å². The van der Waals surface area contributed by atoms with Crippen molar-refractivity contribution >= 4 is 21.5 Å². The molecule has 0 saturated heterocycles. The fourth-order valence-electron chi connectivity index (χ4n) is 2.75. The van der Waals surface area contributed by atoms with E-state index in [9.17, 15) is 5.11 Å². The van der Waals surface area contributed by atoms with Crippen molar-refractivity contribution in [2.45, 2.75) is 0 Å². The first-order valence-corrected chi connectivity index (χ1v) is 7.19. The van der Waals surface area contributed by atoms with Gasteiger partial charge < -0.3 is 9.84 Å². The van der Waals surface area contributed by atoms with Crippen LogP contribution < -0.4 is 4.74 Å². The lowest BCUT2D eigenvalue weighted by molar-refractivity contribution is 0.475. The summed E-state index contributed by atoms with van der Waals surface area (Å²) < 4.78 is 6.15. The molecule has 0 bridgehead atoms. The average Bonchev–Trinajstić information content (AvgIpc) is 2.58. The molecule has 0 aliphatic carbocycles. The molecule has 4 rings (SSSR count). The molecule has 0 saturated carbocycles. The van der Waals surface area contributed by atoms with E-state index in [1.54, 1.807) is 12.1 Å². The SMILES string of the molecule is Oc1ccc(Oc2cccc3ccccc23)c2ccccc12. The highest BCUT2D eigenvalue weighted by Crippen LogP contribution is 2.36. The second-order valence-corrected chi connectivity index (χ2v) is 5.21. The first-order valence-electron chi connectivity index (χ1n) is 7.19. The quantitative estimate of drug-likeness (QED) is 0.528. The van der Waals surface area contributed by atoms with E-state index in [2.05, 4.69) is 12.1 Å². The van der Waals surface area contributed by atoms with E-state index in [-0.39, 0.29) is 5.75 Å². The average molecular weight is 286 g/mol. The zero-order valence-electron chi connectivity index (χ0n) is 11.9. The summed E-state index contributed by atoms with van der Waals surface area (Å²) >= 11 is 0. The highest BCUT2D eigenvalue weighted by Gasteiger charge is 2.08. The van der Waals surface area contributed by atoms with Crippen LogP contribution >= 0.6 is 0 Å². The molecule has 2 nitrogen and oxygen atoms in total. The molecular weight excluding hydrogens is 272 g/mol. The van der Waals surface area contributed by atoms with E-state index >= 15 is 0 Å². The van der Waals surface area contributed by atoms with E-state index in [0.717, 1.165) is 33.0 Å². The second-order valence-electron chi connectivity index (χ2n) is 5.21. The van der Waals surface area contributed by atoms with Gasteiger partial charge in [-0.25, -0.2) is 0 Å². The molecule has 0 radical (unpaired) electrons. The van der Waals surface area contributed by atoms with Gasteiger partial charge in [-0.1, -0.05) is 60.7 Å². The number of phenolic OH excluding ortho intramolecular Hbond substituents is 1. The minimum Gasteiger partial charge on any atom is -0.507 e. The summed E-state index contributed by atoms with van der Waals surface area (Å²) in [6, 6.07) is 25.3. The van der Waals surface area contributed by atoms with Gasteiger partial charge in [-0.3, -0.25) is 0 Å². The lowest BCUT2D eigenvalue weighted by Gasteiger charge is -2.12. The van der Waals surface area contributed by atoms with Gasteiger partial charge in [-0.2, -0.15) is 0 Å². The van der Waals surface area contributed by atoms with Gasteiger partial charge in [0.1, 0.15) is 17.2 Å². The molecule has 4 aromatic rings. The molecule has 1 N–H and O–H groups in total. The summed E-state index contributed by atoms with van der Waals surface area (Å²) in [7, 11) is 0.